The molecule has 1 aromatic heterocycles. The zero-order chi connectivity index (χ0) is 15.1. The van der Waals surface area contributed by atoms with Crippen molar-refractivity contribution in [2.24, 2.45) is 0 Å². The van der Waals surface area contributed by atoms with Crippen molar-refractivity contribution in [1.82, 2.24) is 5.32 Å². The second-order valence-electron chi connectivity index (χ2n) is 5.04. The maximum absolute atomic E-state index is 12.1. The standard InChI is InChI=1S/C18H11NO2S/c20-17-14-8-4-7-13(15(14)18(21)19-17)16-12(9-10-22-16)11-5-2-1-3-6-11/h1-10H,(H,19,20,21). The molecule has 0 aliphatic carbocycles. The van der Waals surface area contributed by atoms with Gasteiger partial charge in [0, 0.05) is 16.0 Å². The Balaban J connectivity index is 1.95. The second kappa shape index (κ2) is 4.93. The number of fused-ring (bicyclic) bond motifs is 1. The number of nitrogens with one attached hydrogen (secondary N) is 1. The lowest BCUT2D eigenvalue weighted by atomic mass is 9.97. The summed E-state index contributed by atoms with van der Waals surface area (Å²) in [7, 11) is 0. The largest absolute Gasteiger partial charge is 0.288 e. The lowest BCUT2D eigenvalue weighted by Crippen LogP contribution is -2.20. The fourth-order valence-electron chi connectivity index (χ4n) is 2.77. The van der Waals surface area contributed by atoms with E-state index in [4.69, 9.17) is 0 Å². The average Bonchev–Trinajstić information content (AvgIpc) is 3.14. The van der Waals surface area contributed by atoms with Crippen molar-refractivity contribution in [3.63, 3.8) is 0 Å². The minimum absolute atomic E-state index is 0.317. The molecule has 3 nitrogen and oxygen atoms in total. The molecule has 2 aromatic carbocycles. The van der Waals surface area contributed by atoms with Crippen LogP contribution in [0.1, 0.15) is 20.7 Å². The van der Waals surface area contributed by atoms with Gasteiger partial charge in [0.05, 0.1) is 11.1 Å². The van der Waals surface area contributed by atoms with Gasteiger partial charge in [0.25, 0.3) is 11.8 Å². The average molecular weight is 305 g/mol. The molecule has 0 spiro atoms. The van der Waals surface area contributed by atoms with Gasteiger partial charge in [-0.15, -0.1) is 11.3 Å². The number of rotatable bonds is 2. The predicted octanol–water partition coefficient (Wildman–Crippen LogP) is 3.97. The van der Waals surface area contributed by atoms with Crippen LogP contribution in [-0.2, 0) is 0 Å². The first-order valence-corrected chi connectivity index (χ1v) is 7.75. The van der Waals surface area contributed by atoms with Crippen molar-refractivity contribution in [2.45, 2.75) is 0 Å². The van der Waals surface area contributed by atoms with Crippen LogP contribution in [0.3, 0.4) is 0 Å². The van der Waals surface area contributed by atoms with E-state index in [0.29, 0.717) is 11.1 Å². The Bertz CT molecular complexity index is 896. The summed E-state index contributed by atoms with van der Waals surface area (Å²) in [6.45, 7) is 0. The van der Waals surface area contributed by atoms with Gasteiger partial charge in [-0.2, -0.15) is 0 Å². The van der Waals surface area contributed by atoms with Gasteiger partial charge >= 0.3 is 0 Å². The van der Waals surface area contributed by atoms with Crippen molar-refractivity contribution in [3.05, 3.63) is 71.1 Å². The summed E-state index contributed by atoms with van der Waals surface area (Å²) in [5.41, 5.74) is 3.92. The summed E-state index contributed by atoms with van der Waals surface area (Å²) in [6, 6.07) is 17.5. The molecule has 0 fully saturated rings. The van der Waals surface area contributed by atoms with Gasteiger partial charge in [-0.05, 0) is 23.1 Å². The van der Waals surface area contributed by atoms with E-state index in [-0.39, 0.29) is 11.8 Å². The van der Waals surface area contributed by atoms with E-state index in [2.05, 4.69) is 5.32 Å². The Morgan fingerprint density at radius 2 is 1.50 bits per heavy atom. The van der Waals surface area contributed by atoms with Gasteiger partial charge in [-0.25, -0.2) is 0 Å². The first kappa shape index (κ1) is 13.0. The number of amides is 2. The molecule has 22 heavy (non-hydrogen) atoms. The van der Waals surface area contributed by atoms with Crippen LogP contribution in [0.25, 0.3) is 21.6 Å². The zero-order valence-electron chi connectivity index (χ0n) is 11.5. The number of thiophene rings is 1. The highest BCUT2D eigenvalue weighted by Gasteiger charge is 2.30. The van der Waals surface area contributed by atoms with E-state index in [1.165, 1.54) is 0 Å². The smallest absolute Gasteiger partial charge is 0.259 e. The zero-order valence-corrected chi connectivity index (χ0v) is 12.3. The normalized spacial score (nSPS) is 13.1. The number of carbonyl (C=O) groups is 2. The predicted molar refractivity (Wildman–Crippen MR) is 87.0 cm³/mol. The molecule has 0 bridgehead atoms. The van der Waals surface area contributed by atoms with Crippen LogP contribution < -0.4 is 5.32 Å². The molecule has 4 rings (SSSR count). The molecule has 4 heteroatoms. The van der Waals surface area contributed by atoms with Crippen LogP contribution >= 0.6 is 11.3 Å². The molecule has 1 aliphatic rings. The van der Waals surface area contributed by atoms with Crippen molar-refractivity contribution >= 4 is 23.2 Å². The second-order valence-corrected chi connectivity index (χ2v) is 5.96. The Hall–Kier alpha value is -2.72. The summed E-state index contributed by atoms with van der Waals surface area (Å²) >= 11 is 1.58. The van der Waals surface area contributed by atoms with Gasteiger partial charge in [-0.3, -0.25) is 14.9 Å². The minimum Gasteiger partial charge on any atom is -0.288 e. The van der Waals surface area contributed by atoms with Gasteiger partial charge < -0.3 is 0 Å². The van der Waals surface area contributed by atoms with Gasteiger partial charge in [-0.1, -0.05) is 42.5 Å². The maximum atomic E-state index is 12.1. The number of hydrogen-bond acceptors (Lipinski definition) is 3. The van der Waals surface area contributed by atoms with E-state index in [1.54, 1.807) is 17.4 Å². The minimum atomic E-state index is -0.320. The van der Waals surface area contributed by atoms with Gasteiger partial charge in [0.1, 0.15) is 0 Å². The van der Waals surface area contributed by atoms with Crippen LogP contribution in [0.15, 0.2) is 60.0 Å². The molecule has 1 N–H and O–H groups in total. The number of imide groups is 1. The Morgan fingerprint density at radius 1 is 0.727 bits per heavy atom. The fraction of sp³-hybridized carbons (Fsp3) is 0. The molecule has 1 aliphatic heterocycles. The molecule has 3 aromatic rings. The Labute approximate surface area is 131 Å². The van der Waals surface area contributed by atoms with E-state index in [0.717, 1.165) is 21.6 Å². The van der Waals surface area contributed by atoms with Crippen molar-refractivity contribution in [2.75, 3.05) is 0 Å². The maximum Gasteiger partial charge on any atom is 0.259 e. The van der Waals surface area contributed by atoms with Crippen molar-refractivity contribution < 1.29 is 9.59 Å². The lowest BCUT2D eigenvalue weighted by Gasteiger charge is -2.07. The third kappa shape index (κ3) is 1.89. The van der Waals surface area contributed by atoms with Crippen molar-refractivity contribution in [1.29, 1.82) is 0 Å². The number of carbonyl (C=O) groups excluding carboxylic acids is 2. The fourth-order valence-corrected chi connectivity index (χ4v) is 3.72. The van der Waals surface area contributed by atoms with Crippen LogP contribution in [0, 0.1) is 0 Å². The molecule has 0 saturated carbocycles. The van der Waals surface area contributed by atoms with Gasteiger partial charge in [0.2, 0.25) is 0 Å². The monoisotopic (exact) mass is 305 g/mol. The lowest BCUT2D eigenvalue weighted by molar-refractivity contribution is 0.0880. The molecular weight excluding hydrogens is 294 g/mol. The van der Waals surface area contributed by atoms with E-state index in [1.807, 2.05) is 53.9 Å². The van der Waals surface area contributed by atoms with Crippen LogP contribution in [0.2, 0.25) is 0 Å². The van der Waals surface area contributed by atoms with Crippen LogP contribution in [-0.4, -0.2) is 11.8 Å². The third-order valence-electron chi connectivity index (χ3n) is 3.76. The highest BCUT2D eigenvalue weighted by atomic mass is 32.1. The quantitative estimate of drug-likeness (QED) is 0.728. The number of benzene rings is 2. The van der Waals surface area contributed by atoms with E-state index < -0.39 is 0 Å². The van der Waals surface area contributed by atoms with Gasteiger partial charge in [0.15, 0.2) is 0 Å². The van der Waals surface area contributed by atoms with Crippen LogP contribution in [0.5, 0.6) is 0 Å². The van der Waals surface area contributed by atoms with Crippen LogP contribution in [0.4, 0.5) is 0 Å². The summed E-state index contributed by atoms with van der Waals surface area (Å²) in [6.07, 6.45) is 0. The van der Waals surface area contributed by atoms with Crippen molar-refractivity contribution in [3.8, 4) is 21.6 Å². The first-order chi connectivity index (χ1) is 10.8. The summed E-state index contributed by atoms with van der Waals surface area (Å²) in [5, 5.41) is 4.38. The Kier molecular flexibility index (Phi) is 2.91. The summed E-state index contributed by atoms with van der Waals surface area (Å²) in [5.74, 6) is -0.636. The highest BCUT2D eigenvalue weighted by molar-refractivity contribution is 7.14. The Morgan fingerprint density at radius 3 is 2.32 bits per heavy atom. The SMILES string of the molecule is O=C1NC(=O)c2c1cccc2-c1sccc1-c1ccccc1. The molecule has 106 valence electrons. The topological polar surface area (TPSA) is 46.2 Å². The molecule has 0 atom stereocenters. The molecule has 0 saturated heterocycles. The van der Waals surface area contributed by atoms with E-state index >= 15 is 0 Å². The molecule has 2 amide bonds. The highest BCUT2D eigenvalue weighted by Crippen LogP contribution is 2.39. The molecule has 0 unspecified atom stereocenters. The summed E-state index contributed by atoms with van der Waals surface area (Å²) in [4.78, 5) is 24.9. The number of hydrogen-bond donors (Lipinski definition) is 1. The molecular formula is C18H11NO2S. The third-order valence-corrected chi connectivity index (χ3v) is 4.71. The molecule has 2 heterocycles. The first-order valence-electron chi connectivity index (χ1n) is 6.87. The summed E-state index contributed by atoms with van der Waals surface area (Å²) < 4.78 is 0. The van der Waals surface area contributed by atoms with E-state index in [9.17, 15) is 9.59 Å². The molecule has 0 radical (unpaired) electrons.